The Balaban J connectivity index is 2.18. The first-order valence-corrected chi connectivity index (χ1v) is 7.59. The van der Waals surface area contributed by atoms with Crippen LogP contribution in [0.25, 0.3) is 0 Å². The van der Waals surface area contributed by atoms with Crippen molar-refractivity contribution in [2.75, 3.05) is 6.54 Å². The van der Waals surface area contributed by atoms with E-state index >= 15 is 0 Å². The molecule has 1 atom stereocenters. The zero-order chi connectivity index (χ0) is 13.7. The van der Waals surface area contributed by atoms with E-state index in [0.29, 0.717) is 6.04 Å². The van der Waals surface area contributed by atoms with Crippen LogP contribution in [-0.2, 0) is 6.42 Å². The van der Waals surface area contributed by atoms with Crippen molar-refractivity contribution in [2.45, 2.75) is 19.4 Å². The summed E-state index contributed by atoms with van der Waals surface area (Å²) in [4.78, 5) is 0. The molecule has 0 aliphatic rings. The number of rotatable bonds is 5. The molecule has 0 saturated heterocycles. The molecule has 0 aliphatic carbocycles. The Bertz CT molecular complexity index is 525. The number of halogens is 2. The summed E-state index contributed by atoms with van der Waals surface area (Å²) in [6.45, 7) is 3.07. The predicted molar refractivity (Wildman–Crippen MR) is 85.7 cm³/mol. The van der Waals surface area contributed by atoms with E-state index < -0.39 is 0 Å². The van der Waals surface area contributed by atoms with Crippen LogP contribution >= 0.6 is 27.5 Å². The number of hydrogen-bond acceptors (Lipinski definition) is 1. The molecule has 0 aromatic heterocycles. The van der Waals surface area contributed by atoms with Gasteiger partial charge in [0, 0.05) is 15.5 Å². The van der Waals surface area contributed by atoms with Crippen LogP contribution in [0.1, 0.15) is 24.1 Å². The fourth-order valence-electron chi connectivity index (χ4n) is 2.15. The molecule has 1 unspecified atom stereocenters. The monoisotopic (exact) mass is 337 g/mol. The van der Waals surface area contributed by atoms with Gasteiger partial charge >= 0.3 is 0 Å². The SMILES string of the molecule is CCNC(Cc1cccc(Br)c1)c1ccc(Cl)cc1. The lowest BCUT2D eigenvalue weighted by molar-refractivity contribution is 0.550. The van der Waals surface area contributed by atoms with Gasteiger partial charge in [-0.15, -0.1) is 0 Å². The second-order valence-electron chi connectivity index (χ2n) is 4.50. The summed E-state index contributed by atoms with van der Waals surface area (Å²) in [6.07, 6.45) is 0.967. The first-order chi connectivity index (χ1) is 9.19. The van der Waals surface area contributed by atoms with E-state index in [1.54, 1.807) is 0 Å². The maximum absolute atomic E-state index is 5.95. The van der Waals surface area contributed by atoms with Crippen molar-refractivity contribution in [2.24, 2.45) is 0 Å². The molecule has 100 valence electrons. The highest BCUT2D eigenvalue weighted by molar-refractivity contribution is 9.10. The van der Waals surface area contributed by atoms with Crippen molar-refractivity contribution in [3.8, 4) is 0 Å². The van der Waals surface area contributed by atoms with Crippen molar-refractivity contribution < 1.29 is 0 Å². The standard InChI is InChI=1S/C16H17BrClN/c1-2-19-16(13-6-8-15(18)9-7-13)11-12-4-3-5-14(17)10-12/h3-10,16,19H,2,11H2,1H3. The Hall–Kier alpha value is -0.830. The van der Waals surface area contributed by atoms with Gasteiger partial charge < -0.3 is 5.32 Å². The van der Waals surface area contributed by atoms with Gasteiger partial charge in [-0.25, -0.2) is 0 Å². The number of benzene rings is 2. The van der Waals surface area contributed by atoms with Gasteiger partial charge in [-0.1, -0.05) is 58.7 Å². The van der Waals surface area contributed by atoms with Crippen LogP contribution in [0.5, 0.6) is 0 Å². The van der Waals surface area contributed by atoms with Crippen LogP contribution < -0.4 is 5.32 Å². The molecule has 0 fully saturated rings. The maximum Gasteiger partial charge on any atom is 0.0406 e. The molecule has 2 aromatic carbocycles. The molecule has 3 heteroatoms. The Morgan fingerprint density at radius 1 is 1.16 bits per heavy atom. The highest BCUT2D eigenvalue weighted by Gasteiger charge is 2.11. The van der Waals surface area contributed by atoms with E-state index in [1.165, 1.54) is 11.1 Å². The molecular weight excluding hydrogens is 322 g/mol. The van der Waals surface area contributed by atoms with Crippen molar-refractivity contribution in [3.05, 3.63) is 69.2 Å². The van der Waals surface area contributed by atoms with E-state index in [-0.39, 0.29) is 0 Å². The molecule has 0 aliphatic heterocycles. The highest BCUT2D eigenvalue weighted by atomic mass is 79.9. The topological polar surface area (TPSA) is 12.0 Å². The third kappa shape index (κ3) is 4.34. The molecule has 2 aromatic rings. The number of likely N-dealkylation sites (N-methyl/N-ethyl adjacent to an activating group) is 1. The maximum atomic E-state index is 5.95. The van der Waals surface area contributed by atoms with Gasteiger partial charge in [0.05, 0.1) is 0 Å². The molecule has 0 heterocycles. The van der Waals surface area contributed by atoms with Crippen molar-refractivity contribution >= 4 is 27.5 Å². The molecule has 0 saturated carbocycles. The third-order valence-corrected chi connectivity index (χ3v) is 3.80. The first-order valence-electron chi connectivity index (χ1n) is 6.42. The largest absolute Gasteiger partial charge is 0.310 e. The highest BCUT2D eigenvalue weighted by Crippen LogP contribution is 2.22. The van der Waals surface area contributed by atoms with Gasteiger partial charge in [-0.2, -0.15) is 0 Å². The third-order valence-electron chi connectivity index (χ3n) is 3.05. The minimum atomic E-state index is 0.316. The van der Waals surface area contributed by atoms with Gasteiger partial charge in [-0.3, -0.25) is 0 Å². The Kier molecular flexibility index (Phi) is 5.44. The van der Waals surface area contributed by atoms with Crippen molar-refractivity contribution in [1.29, 1.82) is 0 Å². The average Bonchev–Trinajstić information content (AvgIpc) is 2.39. The van der Waals surface area contributed by atoms with Gasteiger partial charge in [0.15, 0.2) is 0 Å². The van der Waals surface area contributed by atoms with E-state index in [1.807, 2.05) is 18.2 Å². The van der Waals surface area contributed by atoms with E-state index in [2.05, 4.69) is 58.5 Å². The summed E-state index contributed by atoms with van der Waals surface area (Å²) in [5, 5.41) is 4.31. The summed E-state index contributed by atoms with van der Waals surface area (Å²) in [5.41, 5.74) is 2.58. The average molecular weight is 339 g/mol. The zero-order valence-electron chi connectivity index (χ0n) is 10.9. The van der Waals surface area contributed by atoms with E-state index in [9.17, 15) is 0 Å². The normalized spacial score (nSPS) is 12.4. The van der Waals surface area contributed by atoms with E-state index in [0.717, 1.165) is 22.5 Å². The van der Waals surface area contributed by atoms with Crippen molar-refractivity contribution in [1.82, 2.24) is 5.32 Å². The Labute approximate surface area is 128 Å². The van der Waals surface area contributed by atoms with Gasteiger partial charge in [0.1, 0.15) is 0 Å². The van der Waals surface area contributed by atoms with Crippen molar-refractivity contribution in [3.63, 3.8) is 0 Å². The Morgan fingerprint density at radius 2 is 1.89 bits per heavy atom. The molecule has 2 rings (SSSR count). The predicted octanol–water partition coefficient (Wildman–Crippen LogP) is 5.00. The fraction of sp³-hybridized carbons (Fsp3) is 0.250. The summed E-state index contributed by atoms with van der Waals surface area (Å²) >= 11 is 9.47. The van der Waals surface area contributed by atoms with Crippen LogP contribution in [0.3, 0.4) is 0 Å². The van der Waals surface area contributed by atoms with Gasteiger partial charge in [-0.05, 0) is 48.4 Å². The molecule has 0 spiro atoms. The molecule has 19 heavy (non-hydrogen) atoms. The van der Waals surface area contributed by atoms with Gasteiger partial charge in [0.25, 0.3) is 0 Å². The van der Waals surface area contributed by atoms with Crippen LogP contribution in [0.4, 0.5) is 0 Å². The quantitative estimate of drug-likeness (QED) is 0.809. The lowest BCUT2D eigenvalue weighted by atomic mass is 9.99. The van der Waals surface area contributed by atoms with Gasteiger partial charge in [0.2, 0.25) is 0 Å². The first kappa shape index (κ1) is 14.6. The molecule has 0 bridgehead atoms. The summed E-state index contributed by atoms with van der Waals surface area (Å²) in [6, 6.07) is 16.8. The number of nitrogens with one attached hydrogen (secondary N) is 1. The fourth-order valence-corrected chi connectivity index (χ4v) is 2.72. The van der Waals surface area contributed by atoms with Crippen LogP contribution in [0, 0.1) is 0 Å². The molecule has 0 radical (unpaired) electrons. The van der Waals surface area contributed by atoms with Crippen LogP contribution in [-0.4, -0.2) is 6.54 Å². The lowest BCUT2D eigenvalue weighted by Crippen LogP contribution is -2.22. The smallest absolute Gasteiger partial charge is 0.0406 e. The molecular formula is C16H17BrClN. The molecule has 1 nitrogen and oxygen atoms in total. The second kappa shape index (κ2) is 7.09. The Morgan fingerprint density at radius 3 is 2.53 bits per heavy atom. The summed E-state index contributed by atoms with van der Waals surface area (Å²) < 4.78 is 1.12. The molecule has 1 N–H and O–H groups in total. The van der Waals surface area contributed by atoms with Crippen LogP contribution in [0.15, 0.2) is 53.0 Å². The minimum absolute atomic E-state index is 0.316. The summed E-state index contributed by atoms with van der Waals surface area (Å²) in [5.74, 6) is 0. The van der Waals surface area contributed by atoms with Crippen LogP contribution in [0.2, 0.25) is 5.02 Å². The minimum Gasteiger partial charge on any atom is -0.310 e. The van der Waals surface area contributed by atoms with E-state index in [4.69, 9.17) is 11.6 Å². The number of hydrogen-bond donors (Lipinski definition) is 1. The molecule has 0 amide bonds. The summed E-state index contributed by atoms with van der Waals surface area (Å²) in [7, 11) is 0. The zero-order valence-corrected chi connectivity index (χ0v) is 13.2. The lowest BCUT2D eigenvalue weighted by Gasteiger charge is -2.18. The second-order valence-corrected chi connectivity index (χ2v) is 5.85.